The van der Waals surface area contributed by atoms with Crippen molar-refractivity contribution in [3.05, 3.63) is 82.4 Å². The van der Waals surface area contributed by atoms with Gasteiger partial charge < -0.3 is 19.7 Å². The Morgan fingerprint density at radius 2 is 1.48 bits per heavy atom. The van der Waals surface area contributed by atoms with Crippen molar-refractivity contribution < 1.29 is 35.1 Å². The molecule has 2 heterocycles. The Balaban J connectivity index is 1.83. The van der Waals surface area contributed by atoms with Crippen LogP contribution in [-0.4, -0.2) is 22.1 Å². The molecule has 8 nitrogen and oxygen atoms in total. The van der Waals surface area contributed by atoms with Crippen molar-refractivity contribution in [2.75, 3.05) is 0 Å². The number of hydrogen-bond donors (Lipinski definition) is 4. The molecule has 0 unspecified atom stereocenters. The summed E-state index contributed by atoms with van der Waals surface area (Å²) in [5.41, 5.74) is 3.04. The number of amides is 1. The summed E-state index contributed by atoms with van der Waals surface area (Å²) >= 11 is 0. The second-order valence-corrected chi connectivity index (χ2v) is 6.80. The number of hydrogen-bond acceptors (Lipinski definition) is 6. The number of benzene rings is 3. The Morgan fingerprint density at radius 1 is 0.897 bits per heavy atom. The summed E-state index contributed by atoms with van der Waals surface area (Å²) < 4.78 is 11.8. The van der Waals surface area contributed by atoms with E-state index in [0.29, 0.717) is 28.2 Å². The number of rotatable bonds is 1. The Bertz CT molecular complexity index is 1170. The number of carbonyl (C=O) groups excluding carboxylic acids is 2. The van der Waals surface area contributed by atoms with Crippen LogP contribution in [0.15, 0.2) is 54.6 Å². The van der Waals surface area contributed by atoms with Gasteiger partial charge in [0, 0.05) is 34.4 Å². The Morgan fingerprint density at radius 3 is 2.07 bits per heavy atom. The summed E-state index contributed by atoms with van der Waals surface area (Å²) in [7, 11) is 0. The van der Waals surface area contributed by atoms with Gasteiger partial charge in [-0.2, -0.15) is 0 Å². The molecule has 1 spiro atoms. The van der Waals surface area contributed by atoms with Gasteiger partial charge in [0.05, 0.1) is 5.56 Å². The molecule has 1 amide bonds. The highest BCUT2D eigenvalue weighted by Crippen LogP contribution is 2.56. The molecule has 5 rings (SSSR count). The number of aromatic hydroxyl groups is 2. The molecule has 8 heteroatoms. The molecule has 0 saturated carbocycles. The third kappa shape index (κ3) is 2.23. The molecule has 29 heavy (non-hydrogen) atoms. The largest absolute Gasteiger partial charge is 0.508 e. The van der Waals surface area contributed by atoms with Gasteiger partial charge in [-0.15, -0.1) is 0 Å². The molecular formula is C21H15N2O6+. The van der Waals surface area contributed by atoms with Crippen LogP contribution in [0.1, 0.15) is 37.4 Å². The highest BCUT2D eigenvalue weighted by Gasteiger charge is 2.53. The first-order chi connectivity index (χ1) is 13.9. The predicted molar refractivity (Wildman–Crippen MR) is 98.4 cm³/mol. The topological polar surface area (TPSA) is 133 Å². The SMILES string of the molecule is [NH3+]NC(=O)c1ccc2c(c1)C(=O)OC21c2ccc(O)cc2Oc2cc(O)ccc21. The number of phenols is 2. The first kappa shape index (κ1) is 17.1. The fourth-order valence-electron chi connectivity index (χ4n) is 3.95. The molecular weight excluding hydrogens is 376 g/mol. The normalized spacial score (nSPS) is 15.0. The fraction of sp³-hybridized carbons (Fsp3) is 0.0476. The van der Waals surface area contributed by atoms with Gasteiger partial charge in [0.2, 0.25) is 0 Å². The van der Waals surface area contributed by atoms with Crippen molar-refractivity contribution in [3.8, 4) is 23.0 Å². The lowest BCUT2D eigenvalue weighted by Gasteiger charge is -2.36. The van der Waals surface area contributed by atoms with E-state index in [4.69, 9.17) is 9.47 Å². The van der Waals surface area contributed by atoms with Gasteiger partial charge >= 0.3 is 5.97 Å². The third-order valence-electron chi connectivity index (χ3n) is 5.20. The van der Waals surface area contributed by atoms with Crippen LogP contribution in [-0.2, 0) is 10.3 Å². The van der Waals surface area contributed by atoms with Crippen LogP contribution < -0.4 is 16.0 Å². The minimum Gasteiger partial charge on any atom is -0.508 e. The Labute approximate surface area is 164 Å². The van der Waals surface area contributed by atoms with Gasteiger partial charge in [0.15, 0.2) is 5.60 Å². The number of esters is 1. The number of nitrogens with one attached hydrogen (secondary N) is 1. The summed E-state index contributed by atoms with van der Waals surface area (Å²) in [5.74, 6) is 2.88. The quantitative estimate of drug-likeness (QED) is 0.368. The third-order valence-corrected chi connectivity index (χ3v) is 5.20. The average Bonchev–Trinajstić information content (AvgIpc) is 2.99. The summed E-state index contributed by atoms with van der Waals surface area (Å²) in [5, 5.41) is 19.8. The second kappa shape index (κ2) is 5.73. The van der Waals surface area contributed by atoms with Crippen molar-refractivity contribution in [2.24, 2.45) is 0 Å². The molecule has 2 aliphatic heterocycles. The lowest BCUT2D eigenvalue weighted by molar-refractivity contribution is -0.422. The van der Waals surface area contributed by atoms with Crippen molar-refractivity contribution in [1.29, 1.82) is 0 Å². The minimum atomic E-state index is -1.34. The van der Waals surface area contributed by atoms with Gasteiger partial charge in [-0.25, -0.2) is 10.2 Å². The average molecular weight is 391 g/mol. The lowest BCUT2D eigenvalue weighted by Crippen LogP contribution is -2.67. The number of ether oxygens (including phenoxy) is 2. The van der Waals surface area contributed by atoms with E-state index in [-0.39, 0.29) is 22.6 Å². The molecule has 2 aliphatic rings. The minimum absolute atomic E-state index is 0.0190. The lowest BCUT2D eigenvalue weighted by atomic mass is 9.77. The molecule has 0 aliphatic carbocycles. The standard InChI is InChI=1S/C21H14N2O6/c22-23-19(26)10-1-4-14-13(7-10)20(27)29-21(14)15-5-2-11(24)8-17(15)28-18-9-12(25)3-6-16(18)21/h1-9,24-25H,22H2,(H,23,26)/p+1. The highest BCUT2D eigenvalue weighted by molar-refractivity contribution is 6.01. The summed E-state index contributed by atoms with van der Waals surface area (Å²) in [6.45, 7) is 0. The van der Waals surface area contributed by atoms with Crippen LogP contribution in [0.5, 0.6) is 23.0 Å². The van der Waals surface area contributed by atoms with Crippen LogP contribution in [0.4, 0.5) is 0 Å². The Hall–Kier alpha value is -4.04. The molecule has 6 N–H and O–H groups in total. The van der Waals surface area contributed by atoms with Gasteiger partial charge in [-0.05, 0) is 36.4 Å². The molecule has 144 valence electrons. The maximum Gasteiger partial charge on any atom is 0.340 e. The molecule has 0 fully saturated rings. The van der Waals surface area contributed by atoms with Crippen LogP contribution in [0.25, 0.3) is 0 Å². The van der Waals surface area contributed by atoms with Gasteiger partial charge in [0.1, 0.15) is 23.0 Å². The van der Waals surface area contributed by atoms with E-state index >= 15 is 0 Å². The van der Waals surface area contributed by atoms with Crippen molar-refractivity contribution in [3.63, 3.8) is 0 Å². The van der Waals surface area contributed by atoms with Crippen molar-refractivity contribution in [1.82, 2.24) is 5.43 Å². The second-order valence-electron chi connectivity index (χ2n) is 6.80. The zero-order valence-corrected chi connectivity index (χ0v) is 14.9. The van der Waals surface area contributed by atoms with Crippen LogP contribution >= 0.6 is 0 Å². The van der Waals surface area contributed by atoms with Crippen LogP contribution in [0.3, 0.4) is 0 Å². The molecule has 0 atom stereocenters. The van der Waals surface area contributed by atoms with E-state index in [1.807, 2.05) is 0 Å². The first-order valence-corrected chi connectivity index (χ1v) is 8.74. The summed E-state index contributed by atoms with van der Waals surface area (Å²) in [6.07, 6.45) is 0. The molecule has 0 radical (unpaired) electrons. The van der Waals surface area contributed by atoms with Crippen molar-refractivity contribution >= 4 is 11.9 Å². The fourth-order valence-corrected chi connectivity index (χ4v) is 3.95. The van der Waals surface area contributed by atoms with E-state index in [0.717, 1.165) is 0 Å². The predicted octanol–water partition coefficient (Wildman–Crippen LogP) is 1.55. The van der Waals surface area contributed by atoms with Gasteiger partial charge in [0.25, 0.3) is 5.91 Å². The highest BCUT2D eigenvalue weighted by atomic mass is 16.6. The van der Waals surface area contributed by atoms with E-state index in [1.165, 1.54) is 30.3 Å². The van der Waals surface area contributed by atoms with E-state index in [9.17, 15) is 19.8 Å². The maximum absolute atomic E-state index is 12.8. The smallest absolute Gasteiger partial charge is 0.340 e. The summed E-state index contributed by atoms with van der Waals surface area (Å²) in [4.78, 5) is 24.8. The number of carbonyl (C=O) groups is 2. The monoisotopic (exact) mass is 391 g/mol. The number of fused-ring (bicyclic) bond motifs is 6. The van der Waals surface area contributed by atoms with Gasteiger partial charge in [-0.3, -0.25) is 10.6 Å². The van der Waals surface area contributed by atoms with Crippen molar-refractivity contribution in [2.45, 2.75) is 5.60 Å². The summed E-state index contributed by atoms with van der Waals surface area (Å²) in [6, 6.07) is 13.7. The van der Waals surface area contributed by atoms with E-state index in [1.54, 1.807) is 24.3 Å². The number of phenolic OH excluding ortho intramolecular Hbond substituents is 2. The number of quaternary nitrogens is 1. The van der Waals surface area contributed by atoms with E-state index in [2.05, 4.69) is 11.3 Å². The Kier molecular flexibility index (Phi) is 3.37. The maximum atomic E-state index is 12.8. The molecule has 3 aromatic rings. The molecule has 3 aromatic carbocycles. The molecule has 0 bridgehead atoms. The first-order valence-electron chi connectivity index (χ1n) is 8.74. The van der Waals surface area contributed by atoms with Crippen LogP contribution in [0, 0.1) is 0 Å². The van der Waals surface area contributed by atoms with E-state index < -0.39 is 17.5 Å². The zero-order chi connectivity index (χ0) is 20.3. The zero-order valence-electron chi connectivity index (χ0n) is 14.9. The molecule has 0 saturated heterocycles. The van der Waals surface area contributed by atoms with Gasteiger partial charge in [-0.1, -0.05) is 6.07 Å². The molecule has 0 aromatic heterocycles. The van der Waals surface area contributed by atoms with Crippen LogP contribution in [0.2, 0.25) is 0 Å².